The van der Waals surface area contributed by atoms with Gasteiger partial charge in [0.15, 0.2) is 0 Å². The Balaban J connectivity index is 2.36. The van der Waals surface area contributed by atoms with Crippen LogP contribution in [0.4, 0.5) is 0 Å². The highest BCUT2D eigenvalue weighted by Gasteiger charge is 2.25. The molecule has 92 valence electrons. The van der Waals surface area contributed by atoms with Crippen molar-refractivity contribution in [2.45, 2.75) is 32.4 Å². The molecule has 1 saturated heterocycles. The van der Waals surface area contributed by atoms with Gasteiger partial charge in [-0.2, -0.15) is 0 Å². The average Bonchev–Trinajstić information content (AvgIpc) is 1.96. The number of carbonyl (C=O) groups excluding carboxylic acids is 1. The SMILES string of the molecule is C=C(CN(C)C1COC1)C(=O)NC(C)(C)C. The van der Waals surface area contributed by atoms with E-state index >= 15 is 0 Å². The van der Waals surface area contributed by atoms with Gasteiger partial charge >= 0.3 is 0 Å². The number of nitrogens with one attached hydrogen (secondary N) is 1. The zero-order valence-electron chi connectivity index (χ0n) is 10.7. The maximum Gasteiger partial charge on any atom is 0.248 e. The third-order valence-corrected chi connectivity index (χ3v) is 2.49. The molecular weight excluding hydrogens is 204 g/mol. The van der Waals surface area contributed by atoms with Gasteiger partial charge in [0.05, 0.1) is 19.3 Å². The Morgan fingerprint density at radius 3 is 2.44 bits per heavy atom. The first-order valence-electron chi connectivity index (χ1n) is 5.58. The molecule has 1 amide bonds. The summed E-state index contributed by atoms with van der Waals surface area (Å²) in [6.45, 7) is 11.8. The first kappa shape index (κ1) is 13.2. The molecule has 1 heterocycles. The second kappa shape index (κ2) is 4.97. The summed E-state index contributed by atoms with van der Waals surface area (Å²) in [6.07, 6.45) is 0. The summed E-state index contributed by atoms with van der Waals surface area (Å²) in [5.41, 5.74) is 0.391. The zero-order valence-corrected chi connectivity index (χ0v) is 10.7. The summed E-state index contributed by atoms with van der Waals surface area (Å²) in [6, 6.07) is 0.430. The predicted octanol–water partition coefficient (Wildman–Crippen LogP) is 0.788. The van der Waals surface area contributed by atoms with E-state index in [2.05, 4.69) is 16.8 Å². The van der Waals surface area contributed by atoms with Crippen LogP contribution in [0.1, 0.15) is 20.8 Å². The molecule has 0 aromatic heterocycles. The van der Waals surface area contributed by atoms with Gasteiger partial charge in [0.25, 0.3) is 0 Å². The Kier molecular flexibility index (Phi) is 4.10. The molecule has 0 bridgehead atoms. The molecule has 1 N–H and O–H groups in total. The fourth-order valence-electron chi connectivity index (χ4n) is 1.41. The Morgan fingerprint density at radius 1 is 1.50 bits per heavy atom. The minimum atomic E-state index is -0.210. The van der Waals surface area contributed by atoms with Crippen molar-refractivity contribution in [3.63, 3.8) is 0 Å². The van der Waals surface area contributed by atoms with Crippen LogP contribution in [0.3, 0.4) is 0 Å². The first-order chi connectivity index (χ1) is 7.29. The summed E-state index contributed by atoms with van der Waals surface area (Å²) in [4.78, 5) is 13.9. The van der Waals surface area contributed by atoms with E-state index < -0.39 is 0 Å². The van der Waals surface area contributed by atoms with Crippen LogP contribution < -0.4 is 5.32 Å². The summed E-state index contributed by atoms with van der Waals surface area (Å²) >= 11 is 0. The second-order valence-corrected chi connectivity index (χ2v) is 5.41. The van der Waals surface area contributed by atoms with E-state index in [0.717, 1.165) is 13.2 Å². The van der Waals surface area contributed by atoms with Crippen LogP contribution in [0.25, 0.3) is 0 Å². The smallest absolute Gasteiger partial charge is 0.248 e. The number of carbonyl (C=O) groups is 1. The maximum atomic E-state index is 11.8. The summed E-state index contributed by atoms with van der Waals surface area (Å²) in [5, 5.41) is 2.90. The monoisotopic (exact) mass is 226 g/mol. The van der Waals surface area contributed by atoms with Crippen molar-refractivity contribution in [3.8, 4) is 0 Å². The highest BCUT2D eigenvalue weighted by molar-refractivity contribution is 5.93. The first-order valence-corrected chi connectivity index (χ1v) is 5.58. The lowest BCUT2D eigenvalue weighted by Gasteiger charge is -2.35. The topological polar surface area (TPSA) is 41.6 Å². The Labute approximate surface area is 97.6 Å². The maximum absolute atomic E-state index is 11.8. The van der Waals surface area contributed by atoms with Crippen LogP contribution in [-0.4, -0.2) is 49.2 Å². The van der Waals surface area contributed by atoms with Gasteiger partial charge in [-0.1, -0.05) is 6.58 Å². The molecule has 1 aliphatic heterocycles. The normalized spacial score (nSPS) is 17.1. The number of hydrogen-bond donors (Lipinski definition) is 1. The van der Waals surface area contributed by atoms with E-state index in [1.807, 2.05) is 27.8 Å². The lowest BCUT2D eigenvalue weighted by molar-refractivity contribution is -0.119. The third-order valence-electron chi connectivity index (χ3n) is 2.49. The van der Waals surface area contributed by atoms with Crippen molar-refractivity contribution in [2.75, 3.05) is 26.8 Å². The lowest BCUT2D eigenvalue weighted by Crippen LogP contribution is -2.49. The zero-order chi connectivity index (χ0) is 12.3. The van der Waals surface area contributed by atoms with Gasteiger partial charge in [0.2, 0.25) is 5.91 Å². The van der Waals surface area contributed by atoms with Crippen molar-refractivity contribution < 1.29 is 9.53 Å². The number of nitrogens with zero attached hydrogens (tertiary/aromatic N) is 1. The third kappa shape index (κ3) is 3.94. The van der Waals surface area contributed by atoms with Gasteiger partial charge in [-0.05, 0) is 27.8 Å². The molecule has 0 atom stereocenters. The quantitative estimate of drug-likeness (QED) is 0.721. The molecule has 4 nitrogen and oxygen atoms in total. The molecule has 16 heavy (non-hydrogen) atoms. The molecule has 0 unspecified atom stereocenters. The molecule has 0 spiro atoms. The predicted molar refractivity (Wildman–Crippen MR) is 64.3 cm³/mol. The van der Waals surface area contributed by atoms with Crippen LogP contribution in [0.15, 0.2) is 12.2 Å². The van der Waals surface area contributed by atoms with Crippen molar-refractivity contribution in [1.29, 1.82) is 0 Å². The largest absolute Gasteiger partial charge is 0.378 e. The van der Waals surface area contributed by atoms with E-state index in [4.69, 9.17) is 4.74 Å². The van der Waals surface area contributed by atoms with Gasteiger partial charge < -0.3 is 10.1 Å². The molecule has 1 rings (SSSR count). The molecule has 0 aromatic rings. The van der Waals surface area contributed by atoms with E-state index in [9.17, 15) is 4.79 Å². The second-order valence-electron chi connectivity index (χ2n) is 5.41. The molecule has 0 radical (unpaired) electrons. The van der Waals surface area contributed by atoms with Crippen LogP contribution in [0, 0.1) is 0 Å². The van der Waals surface area contributed by atoms with Gasteiger partial charge in [0.1, 0.15) is 0 Å². The number of ether oxygens (including phenoxy) is 1. The van der Waals surface area contributed by atoms with Crippen molar-refractivity contribution in [2.24, 2.45) is 0 Å². The Bertz CT molecular complexity index is 277. The fourth-order valence-corrected chi connectivity index (χ4v) is 1.41. The Morgan fingerprint density at radius 2 is 2.06 bits per heavy atom. The lowest BCUT2D eigenvalue weighted by atomic mass is 10.1. The number of rotatable bonds is 4. The highest BCUT2D eigenvalue weighted by Crippen LogP contribution is 2.10. The fraction of sp³-hybridized carbons (Fsp3) is 0.750. The molecule has 0 aliphatic carbocycles. The van der Waals surface area contributed by atoms with E-state index in [1.165, 1.54) is 0 Å². The van der Waals surface area contributed by atoms with Crippen LogP contribution in [-0.2, 0) is 9.53 Å². The van der Waals surface area contributed by atoms with E-state index in [1.54, 1.807) is 0 Å². The number of hydrogen-bond acceptors (Lipinski definition) is 3. The van der Waals surface area contributed by atoms with Gasteiger partial charge in [0, 0.05) is 17.7 Å². The summed E-state index contributed by atoms with van der Waals surface area (Å²) in [5.74, 6) is -0.0698. The van der Waals surface area contributed by atoms with Crippen molar-refractivity contribution in [3.05, 3.63) is 12.2 Å². The minimum absolute atomic E-state index is 0.0698. The van der Waals surface area contributed by atoms with E-state index in [0.29, 0.717) is 18.2 Å². The molecule has 0 saturated carbocycles. The molecule has 0 aromatic carbocycles. The molecule has 4 heteroatoms. The van der Waals surface area contributed by atoms with Crippen molar-refractivity contribution >= 4 is 5.91 Å². The molecule has 1 aliphatic rings. The van der Waals surface area contributed by atoms with Gasteiger partial charge in [-0.3, -0.25) is 9.69 Å². The van der Waals surface area contributed by atoms with Crippen molar-refractivity contribution in [1.82, 2.24) is 10.2 Å². The number of amides is 1. The van der Waals surface area contributed by atoms with Crippen LogP contribution in [0.2, 0.25) is 0 Å². The number of likely N-dealkylation sites (N-methyl/N-ethyl adjacent to an activating group) is 1. The summed E-state index contributed by atoms with van der Waals surface area (Å²) in [7, 11) is 1.99. The van der Waals surface area contributed by atoms with Crippen LogP contribution >= 0.6 is 0 Å². The minimum Gasteiger partial charge on any atom is -0.378 e. The van der Waals surface area contributed by atoms with Crippen LogP contribution in [0.5, 0.6) is 0 Å². The molecule has 1 fully saturated rings. The summed E-state index contributed by atoms with van der Waals surface area (Å²) < 4.78 is 5.11. The van der Waals surface area contributed by atoms with E-state index in [-0.39, 0.29) is 11.4 Å². The van der Waals surface area contributed by atoms with Gasteiger partial charge in [-0.15, -0.1) is 0 Å². The molecular formula is C12H22N2O2. The average molecular weight is 226 g/mol. The standard InChI is InChI=1S/C12H22N2O2/c1-9(11(15)13-12(2,3)4)6-14(5)10-7-16-8-10/h10H,1,6-8H2,2-5H3,(H,13,15). The highest BCUT2D eigenvalue weighted by atomic mass is 16.5. The Hall–Kier alpha value is -0.870. The van der Waals surface area contributed by atoms with Gasteiger partial charge in [-0.25, -0.2) is 0 Å².